The van der Waals surface area contributed by atoms with Gasteiger partial charge in [0.2, 0.25) is 5.91 Å². The minimum atomic E-state index is -0.350. The topological polar surface area (TPSA) is 75.9 Å². The van der Waals surface area contributed by atoms with E-state index in [2.05, 4.69) is 0 Å². The number of nitrogens with two attached hydrogens (primary N) is 1. The third kappa shape index (κ3) is 3.57. The standard InChI is InChI=1S/C19H21N3O3S/c1-3-21(4-2)18(23)12-22-15-10-13(20)7-8-16(15)25-17(19(22)24)11-14-6-5-9-26-14/h5-11H,3-4,12,20H2,1-2H3/b17-11+. The van der Waals surface area contributed by atoms with E-state index in [1.165, 1.54) is 16.2 Å². The Morgan fingerprint density at radius 3 is 2.73 bits per heavy atom. The highest BCUT2D eigenvalue weighted by molar-refractivity contribution is 7.10. The number of carbonyl (C=O) groups is 2. The number of carbonyl (C=O) groups excluding carboxylic acids is 2. The number of nitrogen functional groups attached to an aromatic ring is 1. The highest BCUT2D eigenvalue weighted by Gasteiger charge is 2.32. The van der Waals surface area contributed by atoms with Crippen molar-refractivity contribution in [1.82, 2.24) is 4.90 Å². The van der Waals surface area contributed by atoms with Gasteiger partial charge in [0.15, 0.2) is 11.5 Å². The van der Waals surface area contributed by atoms with Crippen molar-refractivity contribution in [3.8, 4) is 5.75 Å². The monoisotopic (exact) mass is 371 g/mol. The summed E-state index contributed by atoms with van der Waals surface area (Å²) in [5.41, 5.74) is 6.89. The van der Waals surface area contributed by atoms with Crippen LogP contribution in [0, 0.1) is 0 Å². The van der Waals surface area contributed by atoms with Crippen LogP contribution in [0.15, 0.2) is 41.5 Å². The van der Waals surface area contributed by atoms with Gasteiger partial charge < -0.3 is 15.4 Å². The summed E-state index contributed by atoms with van der Waals surface area (Å²) in [6.07, 6.45) is 1.70. The average Bonchev–Trinajstić information content (AvgIpc) is 3.13. The number of ether oxygens (including phenoxy) is 1. The Hall–Kier alpha value is -2.80. The fourth-order valence-corrected chi connectivity index (χ4v) is 3.45. The fraction of sp³-hybridized carbons (Fsp3) is 0.263. The number of amides is 2. The maximum absolute atomic E-state index is 13.0. The molecule has 136 valence electrons. The minimum absolute atomic E-state index is 0.0535. The molecule has 3 rings (SSSR count). The zero-order chi connectivity index (χ0) is 18.7. The summed E-state index contributed by atoms with van der Waals surface area (Å²) in [6.45, 7) is 4.96. The van der Waals surface area contributed by atoms with Gasteiger partial charge in [-0.3, -0.25) is 14.5 Å². The van der Waals surface area contributed by atoms with E-state index < -0.39 is 0 Å². The summed E-state index contributed by atoms with van der Waals surface area (Å²) in [5.74, 6) is 0.233. The molecule has 2 amide bonds. The van der Waals surface area contributed by atoms with Crippen molar-refractivity contribution in [2.24, 2.45) is 0 Å². The lowest BCUT2D eigenvalue weighted by molar-refractivity contribution is -0.131. The Labute approximate surface area is 156 Å². The molecule has 0 unspecified atom stereocenters. The van der Waals surface area contributed by atoms with Crippen molar-refractivity contribution in [3.63, 3.8) is 0 Å². The van der Waals surface area contributed by atoms with Crippen molar-refractivity contribution in [1.29, 1.82) is 0 Å². The molecule has 1 aromatic heterocycles. The number of benzene rings is 1. The van der Waals surface area contributed by atoms with Crippen LogP contribution in [0.4, 0.5) is 11.4 Å². The predicted octanol–water partition coefficient (Wildman–Crippen LogP) is 2.97. The summed E-state index contributed by atoms with van der Waals surface area (Å²) in [7, 11) is 0. The van der Waals surface area contributed by atoms with Gasteiger partial charge in [-0.2, -0.15) is 0 Å². The van der Waals surface area contributed by atoms with Crippen LogP contribution in [0.2, 0.25) is 0 Å². The lowest BCUT2D eigenvalue weighted by Gasteiger charge is -2.31. The van der Waals surface area contributed by atoms with Crippen molar-refractivity contribution >= 4 is 40.6 Å². The van der Waals surface area contributed by atoms with Gasteiger partial charge in [-0.15, -0.1) is 11.3 Å². The Bertz CT molecular complexity index is 842. The molecule has 2 aromatic rings. The molecule has 0 fully saturated rings. The molecular formula is C19H21N3O3S. The maximum atomic E-state index is 13.0. The zero-order valence-corrected chi connectivity index (χ0v) is 15.6. The highest BCUT2D eigenvalue weighted by atomic mass is 32.1. The number of likely N-dealkylation sites (N-methyl/N-ethyl adjacent to an activating group) is 1. The lowest BCUT2D eigenvalue weighted by Crippen LogP contribution is -2.45. The quantitative estimate of drug-likeness (QED) is 0.648. The number of fused-ring (bicyclic) bond motifs is 1. The zero-order valence-electron chi connectivity index (χ0n) is 14.8. The Kier molecular flexibility index (Phi) is 5.27. The van der Waals surface area contributed by atoms with E-state index in [1.807, 2.05) is 31.4 Å². The van der Waals surface area contributed by atoms with Gasteiger partial charge in [-0.1, -0.05) is 6.07 Å². The maximum Gasteiger partial charge on any atom is 0.294 e. The second-order valence-electron chi connectivity index (χ2n) is 5.81. The van der Waals surface area contributed by atoms with E-state index in [1.54, 1.807) is 29.2 Å². The van der Waals surface area contributed by atoms with Crippen molar-refractivity contribution < 1.29 is 14.3 Å². The van der Waals surface area contributed by atoms with Crippen molar-refractivity contribution in [3.05, 3.63) is 46.3 Å². The molecule has 1 aliphatic rings. The molecular weight excluding hydrogens is 350 g/mol. The van der Waals surface area contributed by atoms with Crippen LogP contribution in [-0.2, 0) is 9.59 Å². The fourth-order valence-electron chi connectivity index (χ4n) is 2.80. The Morgan fingerprint density at radius 2 is 2.08 bits per heavy atom. The first-order valence-electron chi connectivity index (χ1n) is 8.45. The largest absolute Gasteiger partial charge is 0.449 e. The number of hydrogen-bond acceptors (Lipinski definition) is 5. The lowest BCUT2D eigenvalue weighted by atomic mass is 10.2. The van der Waals surface area contributed by atoms with Crippen molar-refractivity contribution in [2.45, 2.75) is 13.8 Å². The van der Waals surface area contributed by atoms with Crippen LogP contribution in [0.1, 0.15) is 18.7 Å². The second-order valence-corrected chi connectivity index (χ2v) is 6.79. The third-order valence-corrected chi connectivity index (χ3v) is 5.00. The Balaban J connectivity index is 1.98. The first-order chi connectivity index (χ1) is 12.5. The van der Waals surface area contributed by atoms with Crippen LogP contribution in [0.3, 0.4) is 0 Å². The van der Waals surface area contributed by atoms with Crippen LogP contribution in [0.25, 0.3) is 6.08 Å². The van der Waals surface area contributed by atoms with Gasteiger partial charge >= 0.3 is 0 Å². The second kappa shape index (κ2) is 7.61. The van der Waals surface area contributed by atoms with Gasteiger partial charge in [0, 0.05) is 29.7 Å². The van der Waals surface area contributed by atoms with Crippen molar-refractivity contribution in [2.75, 3.05) is 30.3 Å². The number of thiophene rings is 1. The van der Waals surface area contributed by atoms with E-state index in [9.17, 15) is 9.59 Å². The molecule has 0 atom stereocenters. The minimum Gasteiger partial charge on any atom is -0.449 e. The first-order valence-corrected chi connectivity index (χ1v) is 9.33. The van der Waals surface area contributed by atoms with E-state index in [0.29, 0.717) is 30.2 Å². The molecule has 2 N–H and O–H groups in total. The molecule has 26 heavy (non-hydrogen) atoms. The van der Waals surface area contributed by atoms with E-state index in [4.69, 9.17) is 10.5 Å². The van der Waals surface area contributed by atoms with Gasteiger partial charge in [-0.05, 0) is 43.5 Å². The summed E-state index contributed by atoms with van der Waals surface area (Å²) in [4.78, 5) is 29.6. The Morgan fingerprint density at radius 1 is 1.31 bits per heavy atom. The van der Waals surface area contributed by atoms with Gasteiger partial charge in [-0.25, -0.2) is 0 Å². The normalized spacial score (nSPS) is 14.9. The summed E-state index contributed by atoms with van der Waals surface area (Å²) in [5, 5.41) is 1.93. The van der Waals surface area contributed by atoms with E-state index in [-0.39, 0.29) is 24.1 Å². The molecule has 6 nitrogen and oxygen atoms in total. The van der Waals surface area contributed by atoms with Crippen LogP contribution in [0.5, 0.6) is 5.75 Å². The predicted molar refractivity (Wildman–Crippen MR) is 104 cm³/mol. The smallest absolute Gasteiger partial charge is 0.294 e. The number of nitrogens with zero attached hydrogens (tertiary/aromatic N) is 2. The molecule has 0 radical (unpaired) electrons. The number of hydrogen-bond donors (Lipinski definition) is 1. The first kappa shape index (κ1) is 18.0. The molecule has 7 heteroatoms. The molecule has 0 spiro atoms. The summed E-state index contributed by atoms with van der Waals surface area (Å²) in [6, 6.07) is 8.89. The molecule has 1 aliphatic heterocycles. The summed E-state index contributed by atoms with van der Waals surface area (Å²) >= 11 is 1.51. The van der Waals surface area contributed by atoms with Crippen LogP contribution < -0.4 is 15.4 Å². The molecule has 0 bridgehead atoms. The molecule has 1 aromatic carbocycles. The van der Waals surface area contributed by atoms with Gasteiger partial charge in [0.1, 0.15) is 6.54 Å². The summed E-state index contributed by atoms with van der Waals surface area (Å²) < 4.78 is 5.79. The van der Waals surface area contributed by atoms with E-state index in [0.717, 1.165) is 4.88 Å². The molecule has 0 aliphatic carbocycles. The van der Waals surface area contributed by atoms with Crippen LogP contribution in [-0.4, -0.2) is 36.3 Å². The van der Waals surface area contributed by atoms with Gasteiger partial charge in [0.05, 0.1) is 5.69 Å². The highest BCUT2D eigenvalue weighted by Crippen LogP contribution is 2.37. The number of rotatable bonds is 5. The SMILES string of the molecule is CCN(CC)C(=O)CN1C(=O)/C(=C\c2cccs2)Oc2ccc(N)cc21. The molecule has 2 heterocycles. The average molecular weight is 371 g/mol. The van der Waals surface area contributed by atoms with Gasteiger partial charge in [0.25, 0.3) is 5.91 Å². The van der Waals surface area contributed by atoms with Crippen LogP contribution >= 0.6 is 11.3 Å². The molecule has 0 saturated heterocycles. The van der Waals surface area contributed by atoms with E-state index >= 15 is 0 Å². The molecule has 0 saturated carbocycles. The number of anilines is 2. The third-order valence-electron chi connectivity index (χ3n) is 4.18.